The Morgan fingerprint density at radius 3 is 1.62 bits per heavy atom. The number of fused-ring (bicyclic) bond motifs is 18. The van der Waals surface area contributed by atoms with Crippen molar-refractivity contribution in [2.24, 2.45) is 0 Å². The summed E-state index contributed by atoms with van der Waals surface area (Å²) in [6, 6.07) is 60.6. The Kier molecular flexibility index (Phi) is 5.54. The molecule has 0 N–H and O–H groups in total. The number of hydrogen-bond acceptors (Lipinski definition) is 3. The molecule has 8 aromatic carbocycles. The average Bonchev–Trinajstić information content (AvgIpc) is 3.94. The third-order valence-electron chi connectivity index (χ3n) is 11.6. The number of nitrogens with zero attached hydrogens (tertiary/aromatic N) is 6. The Balaban J connectivity index is 1.17. The highest BCUT2D eigenvalue weighted by atomic mass is 15.2. The zero-order chi connectivity index (χ0) is 35.8. The van der Waals surface area contributed by atoms with Gasteiger partial charge < -0.3 is 0 Å². The van der Waals surface area contributed by atoms with E-state index in [-0.39, 0.29) is 0 Å². The number of rotatable bonds is 2. The van der Waals surface area contributed by atoms with Crippen LogP contribution in [0, 0.1) is 0 Å². The smallest absolute Gasteiger partial charge is 0.221 e. The summed E-state index contributed by atoms with van der Waals surface area (Å²) in [7, 11) is 0. The lowest BCUT2D eigenvalue weighted by atomic mass is 9.93. The fourth-order valence-electron chi connectivity index (χ4n) is 9.23. The van der Waals surface area contributed by atoms with Crippen LogP contribution in [0.25, 0.3) is 116 Å². The van der Waals surface area contributed by atoms with Crippen molar-refractivity contribution in [2.75, 3.05) is 0 Å². The van der Waals surface area contributed by atoms with E-state index in [1.807, 2.05) is 0 Å². The minimum atomic E-state index is 0.817. The molecule has 0 bridgehead atoms. The van der Waals surface area contributed by atoms with Gasteiger partial charge in [-0.1, -0.05) is 109 Å². The fourth-order valence-corrected chi connectivity index (χ4v) is 9.23. The summed E-state index contributed by atoms with van der Waals surface area (Å²) in [5.41, 5.74) is 12.6. The molecular weight excluding hydrogens is 673 g/mol. The molecule has 0 saturated carbocycles. The van der Waals surface area contributed by atoms with Gasteiger partial charge in [-0.2, -0.15) is 0 Å². The van der Waals surface area contributed by atoms with Crippen LogP contribution in [-0.4, -0.2) is 28.3 Å². The Morgan fingerprint density at radius 1 is 0.327 bits per heavy atom. The molecule has 0 aliphatic heterocycles. The summed E-state index contributed by atoms with van der Waals surface area (Å²) in [5, 5.41) is 9.25. The SMILES string of the molecule is c1ccc2c(c1)nc(-n1c3ccccc3c3cc(-c4ccc5c6ccccc6n6c7ccccc7nc6c5c4)c4ccccc4c31)n1c3ccccc3nc21. The molecule has 6 heteroatoms. The molecule has 0 aliphatic rings. The van der Waals surface area contributed by atoms with E-state index in [2.05, 4.69) is 183 Å². The van der Waals surface area contributed by atoms with Crippen LogP contribution in [0.5, 0.6) is 0 Å². The lowest BCUT2D eigenvalue weighted by molar-refractivity contribution is 0.982. The predicted molar refractivity (Wildman–Crippen MR) is 227 cm³/mol. The maximum absolute atomic E-state index is 5.44. The number of pyridine rings is 1. The second kappa shape index (κ2) is 10.5. The largest absolute Gasteiger partial charge is 0.292 e. The molecule has 5 aromatic heterocycles. The van der Waals surface area contributed by atoms with Crippen molar-refractivity contribution in [1.82, 2.24) is 28.3 Å². The van der Waals surface area contributed by atoms with Crippen LogP contribution in [0.1, 0.15) is 0 Å². The normalized spacial score (nSPS) is 12.4. The van der Waals surface area contributed by atoms with Gasteiger partial charge in [-0.3, -0.25) is 13.4 Å². The van der Waals surface area contributed by atoms with Crippen LogP contribution in [0.2, 0.25) is 0 Å². The van der Waals surface area contributed by atoms with Crippen molar-refractivity contribution < 1.29 is 0 Å². The van der Waals surface area contributed by atoms with Crippen molar-refractivity contribution in [1.29, 1.82) is 0 Å². The lowest BCUT2D eigenvalue weighted by Crippen LogP contribution is -2.06. The zero-order valence-electron chi connectivity index (χ0n) is 29.3. The number of aromatic nitrogens is 6. The highest BCUT2D eigenvalue weighted by Gasteiger charge is 2.23. The van der Waals surface area contributed by atoms with Gasteiger partial charge in [-0.05, 0) is 82.6 Å². The first-order valence-electron chi connectivity index (χ1n) is 18.6. The first kappa shape index (κ1) is 28.9. The highest BCUT2D eigenvalue weighted by Crippen LogP contribution is 2.43. The van der Waals surface area contributed by atoms with E-state index in [1.165, 1.54) is 32.5 Å². The number of hydrogen-bond donors (Lipinski definition) is 0. The van der Waals surface area contributed by atoms with E-state index >= 15 is 0 Å². The summed E-state index contributed by atoms with van der Waals surface area (Å²) in [5.74, 6) is 0.817. The minimum absolute atomic E-state index is 0.817. The molecule has 0 radical (unpaired) electrons. The van der Waals surface area contributed by atoms with Crippen LogP contribution >= 0.6 is 0 Å². The number of imidazole rings is 2. The molecule has 0 atom stereocenters. The molecule has 0 fully saturated rings. The van der Waals surface area contributed by atoms with Gasteiger partial charge in [-0.15, -0.1) is 0 Å². The molecular formula is C49H28N6. The van der Waals surface area contributed by atoms with Crippen molar-refractivity contribution in [3.63, 3.8) is 0 Å². The van der Waals surface area contributed by atoms with Gasteiger partial charge in [0.15, 0.2) is 0 Å². The van der Waals surface area contributed by atoms with Crippen molar-refractivity contribution in [3.8, 4) is 17.1 Å². The molecule has 0 aliphatic carbocycles. The van der Waals surface area contributed by atoms with Crippen molar-refractivity contribution in [2.45, 2.75) is 0 Å². The summed E-state index contributed by atoms with van der Waals surface area (Å²) in [4.78, 5) is 15.8. The fraction of sp³-hybridized carbons (Fsp3) is 0. The van der Waals surface area contributed by atoms with E-state index < -0.39 is 0 Å². The maximum Gasteiger partial charge on any atom is 0.221 e. The lowest BCUT2D eigenvalue weighted by Gasteiger charge is -2.15. The standard InChI is InChI=1S/C49H28N6/c1-2-16-34-30(13-1)36(29-25-26-31-32-14-4-9-21-42(32)53-44-23-11-7-19-40(44)51-48(53)38(31)27-29)28-37-33-15-5-10-22-43(33)54(46(34)37)49-52-39-18-6-3-17-35(39)47-50-41-20-8-12-24-45(41)55(47)49/h1-28H. The highest BCUT2D eigenvalue weighted by molar-refractivity contribution is 6.23. The summed E-state index contributed by atoms with van der Waals surface area (Å²) in [6.45, 7) is 0. The van der Waals surface area contributed by atoms with Crippen LogP contribution in [0.15, 0.2) is 170 Å². The monoisotopic (exact) mass is 700 g/mol. The summed E-state index contributed by atoms with van der Waals surface area (Å²) < 4.78 is 6.92. The van der Waals surface area contributed by atoms with Gasteiger partial charge in [0.05, 0.1) is 44.1 Å². The van der Waals surface area contributed by atoms with Gasteiger partial charge >= 0.3 is 0 Å². The van der Waals surface area contributed by atoms with Crippen LogP contribution in [-0.2, 0) is 0 Å². The summed E-state index contributed by atoms with van der Waals surface area (Å²) >= 11 is 0. The van der Waals surface area contributed by atoms with Crippen LogP contribution in [0.4, 0.5) is 0 Å². The van der Waals surface area contributed by atoms with E-state index in [0.29, 0.717) is 0 Å². The number of para-hydroxylation sites is 7. The second-order valence-corrected chi connectivity index (χ2v) is 14.4. The van der Waals surface area contributed by atoms with Gasteiger partial charge in [0.25, 0.3) is 0 Å². The Hall–Kier alpha value is -7.57. The average molecular weight is 701 g/mol. The summed E-state index contributed by atoms with van der Waals surface area (Å²) in [6.07, 6.45) is 0. The first-order valence-corrected chi connectivity index (χ1v) is 18.6. The van der Waals surface area contributed by atoms with Gasteiger partial charge in [0.2, 0.25) is 5.95 Å². The molecule has 13 rings (SSSR count). The van der Waals surface area contributed by atoms with E-state index in [9.17, 15) is 0 Å². The van der Waals surface area contributed by atoms with Gasteiger partial charge in [0.1, 0.15) is 11.3 Å². The Bertz CT molecular complexity index is 3790. The molecule has 0 unspecified atom stereocenters. The van der Waals surface area contributed by atoms with Crippen LogP contribution < -0.4 is 0 Å². The van der Waals surface area contributed by atoms with Crippen molar-refractivity contribution in [3.05, 3.63) is 170 Å². The van der Waals surface area contributed by atoms with Gasteiger partial charge in [0, 0.05) is 32.3 Å². The first-order chi connectivity index (χ1) is 27.3. The third kappa shape index (κ3) is 3.79. The molecule has 55 heavy (non-hydrogen) atoms. The van der Waals surface area contributed by atoms with Crippen molar-refractivity contribution >= 4 is 98.5 Å². The van der Waals surface area contributed by atoms with Gasteiger partial charge in [-0.25, -0.2) is 15.0 Å². The molecule has 0 amide bonds. The van der Waals surface area contributed by atoms with E-state index in [1.54, 1.807) is 0 Å². The molecule has 5 heterocycles. The number of benzene rings is 8. The third-order valence-corrected chi connectivity index (χ3v) is 11.6. The second-order valence-electron chi connectivity index (χ2n) is 14.4. The molecule has 6 nitrogen and oxygen atoms in total. The Morgan fingerprint density at radius 2 is 0.873 bits per heavy atom. The van der Waals surface area contributed by atoms with E-state index in [0.717, 1.165) is 83.1 Å². The molecule has 0 spiro atoms. The maximum atomic E-state index is 5.44. The van der Waals surface area contributed by atoms with Crippen LogP contribution in [0.3, 0.4) is 0 Å². The predicted octanol–water partition coefficient (Wildman–Crippen LogP) is 12.1. The topological polar surface area (TPSA) is 52.4 Å². The zero-order valence-corrected chi connectivity index (χ0v) is 29.3. The van der Waals surface area contributed by atoms with E-state index in [4.69, 9.17) is 15.0 Å². The quantitative estimate of drug-likeness (QED) is 0.169. The molecule has 13 aromatic rings. The minimum Gasteiger partial charge on any atom is -0.292 e. The molecule has 254 valence electrons. The Labute approximate surface area is 312 Å². The molecule has 0 saturated heterocycles.